The average Bonchev–Trinajstić information content (AvgIpc) is 2.27. The van der Waals surface area contributed by atoms with Crippen molar-refractivity contribution >= 4 is 39.0 Å². The number of nitrogens with zero attached hydrogens (tertiary/aromatic N) is 1. The maximum Gasteiger partial charge on any atom is 0.149 e. The van der Waals surface area contributed by atoms with E-state index >= 15 is 0 Å². The Bertz CT molecular complexity index is 560. The molecular weight excluding hydrogens is 307 g/mol. The van der Waals surface area contributed by atoms with Gasteiger partial charge in [-0.05, 0) is 46.6 Å². The highest BCUT2D eigenvalue weighted by molar-refractivity contribution is 9.10. The second-order valence-electron chi connectivity index (χ2n) is 3.57. The summed E-state index contributed by atoms with van der Waals surface area (Å²) in [5, 5.41) is 3.44. The van der Waals surface area contributed by atoms with Gasteiger partial charge in [0.05, 0.1) is 5.02 Å². The van der Waals surface area contributed by atoms with Crippen LogP contribution in [0.4, 0.5) is 15.9 Å². The van der Waals surface area contributed by atoms with Crippen molar-refractivity contribution in [2.75, 3.05) is 5.32 Å². The summed E-state index contributed by atoms with van der Waals surface area (Å²) in [4.78, 5) is 4.11. The van der Waals surface area contributed by atoms with E-state index in [0.717, 1.165) is 4.47 Å². The Hall–Kier alpha value is -1.13. The predicted octanol–water partition coefficient (Wildman–Crippen LogP) is 4.69. The number of halogens is 3. The van der Waals surface area contributed by atoms with E-state index in [0.29, 0.717) is 22.1 Å². The fraction of sp³-hybridized carbons (Fsp3) is 0.0833. The molecule has 0 fully saturated rings. The van der Waals surface area contributed by atoms with Crippen LogP contribution in [0.3, 0.4) is 0 Å². The molecule has 0 saturated carbocycles. The van der Waals surface area contributed by atoms with Crippen molar-refractivity contribution in [2.24, 2.45) is 0 Å². The maximum absolute atomic E-state index is 13.3. The molecule has 0 bridgehead atoms. The lowest BCUT2D eigenvalue weighted by molar-refractivity contribution is 0.619. The van der Waals surface area contributed by atoms with Gasteiger partial charge < -0.3 is 5.32 Å². The van der Waals surface area contributed by atoms with Crippen LogP contribution in [0.15, 0.2) is 34.9 Å². The van der Waals surface area contributed by atoms with Crippen LogP contribution in [0.1, 0.15) is 5.56 Å². The second kappa shape index (κ2) is 5.02. The lowest BCUT2D eigenvalue weighted by Gasteiger charge is -2.08. The minimum atomic E-state index is -0.261. The number of anilines is 2. The first-order valence-electron chi connectivity index (χ1n) is 4.90. The number of rotatable bonds is 2. The van der Waals surface area contributed by atoms with Crippen molar-refractivity contribution in [1.29, 1.82) is 0 Å². The smallest absolute Gasteiger partial charge is 0.149 e. The van der Waals surface area contributed by atoms with E-state index in [-0.39, 0.29) is 5.82 Å². The van der Waals surface area contributed by atoms with Crippen LogP contribution in [0, 0.1) is 12.7 Å². The molecule has 1 heterocycles. The first-order valence-corrected chi connectivity index (χ1v) is 6.07. The number of aryl methyl sites for hydroxylation is 1. The quantitative estimate of drug-likeness (QED) is 0.869. The summed E-state index contributed by atoms with van der Waals surface area (Å²) < 4.78 is 14.1. The van der Waals surface area contributed by atoms with Gasteiger partial charge in [-0.25, -0.2) is 9.37 Å². The summed E-state index contributed by atoms with van der Waals surface area (Å²) in [5.41, 5.74) is 1.22. The molecule has 1 aromatic heterocycles. The zero-order valence-corrected chi connectivity index (χ0v) is 11.3. The Morgan fingerprint density at radius 3 is 2.76 bits per heavy atom. The van der Waals surface area contributed by atoms with Crippen LogP contribution < -0.4 is 5.32 Å². The van der Waals surface area contributed by atoms with Crippen molar-refractivity contribution in [1.82, 2.24) is 4.98 Å². The van der Waals surface area contributed by atoms with Gasteiger partial charge in [0, 0.05) is 16.4 Å². The highest BCUT2D eigenvalue weighted by atomic mass is 79.9. The van der Waals surface area contributed by atoms with Crippen molar-refractivity contribution in [2.45, 2.75) is 6.92 Å². The van der Waals surface area contributed by atoms with Gasteiger partial charge in [0.1, 0.15) is 11.6 Å². The van der Waals surface area contributed by atoms with Crippen LogP contribution in [0.2, 0.25) is 5.02 Å². The van der Waals surface area contributed by atoms with Gasteiger partial charge in [0.2, 0.25) is 0 Å². The van der Waals surface area contributed by atoms with Gasteiger partial charge in [-0.3, -0.25) is 0 Å². The molecule has 0 aliphatic rings. The van der Waals surface area contributed by atoms with Gasteiger partial charge in [-0.1, -0.05) is 17.7 Å². The highest BCUT2D eigenvalue weighted by Gasteiger charge is 2.04. The average molecular weight is 316 g/mol. The Balaban J connectivity index is 2.28. The topological polar surface area (TPSA) is 24.9 Å². The summed E-state index contributed by atoms with van der Waals surface area (Å²) in [7, 11) is 0. The maximum atomic E-state index is 13.3. The third kappa shape index (κ3) is 2.96. The minimum Gasteiger partial charge on any atom is -0.339 e. The van der Waals surface area contributed by atoms with Gasteiger partial charge in [0.25, 0.3) is 0 Å². The normalized spacial score (nSPS) is 10.4. The van der Waals surface area contributed by atoms with Crippen LogP contribution in [0.5, 0.6) is 0 Å². The number of nitrogens with one attached hydrogen (secondary N) is 1. The van der Waals surface area contributed by atoms with Gasteiger partial charge in [0.15, 0.2) is 0 Å². The van der Waals surface area contributed by atoms with E-state index in [1.807, 2.05) is 0 Å². The van der Waals surface area contributed by atoms with E-state index < -0.39 is 0 Å². The molecule has 5 heteroatoms. The monoisotopic (exact) mass is 314 g/mol. The molecule has 0 aliphatic heterocycles. The fourth-order valence-corrected chi connectivity index (χ4v) is 1.99. The second-order valence-corrected chi connectivity index (χ2v) is 4.90. The van der Waals surface area contributed by atoms with E-state index in [1.54, 1.807) is 31.3 Å². The molecule has 0 radical (unpaired) electrons. The van der Waals surface area contributed by atoms with Gasteiger partial charge in [-0.2, -0.15) is 0 Å². The standard InChI is InChI=1S/C12H9BrClFN2/c1-7-2-3-9(5-11(7)15)17-12-10(14)4-8(13)6-16-12/h2-6H,1H3,(H,16,17). The molecule has 0 aliphatic carbocycles. The molecule has 1 N–H and O–H groups in total. The van der Waals surface area contributed by atoms with E-state index in [9.17, 15) is 4.39 Å². The lowest BCUT2D eigenvalue weighted by atomic mass is 10.2. The van der Waals surface area contributed by atoms with Crippen LogP contribution in [-0.4, -0.2) is 4.98 Å². The molecule has 88 valence electrons. The Kier molecular flexibility index (Phi) is 3.64. The third-order valence-corrected chi connectivity index (χ3v) is 2.96. The van der Waals surface area contributed by atoms with Crippen molar-refractivity contribution in [3.63, 3.8) is 0 Å². The minimum absolute atomic E-state index is 0.261. The van der Waals surface area contributed by atoms with Gasteiger partial charge >= 0.3 is 0 Å². The molecule has 0 atom stereocenters. The van der Waals surface area contributed by atoms with Crippen LogP contribution in [-0.2, 0) is 0 Å². The molecule has 2 nitrogen and oxygen atoms in total. The lowest BCUT2D eigenvalue weighted by Crippen LogP contribution is -1.95. The van der Waals surface area contributed by atoms with Crippen molar-refractivity contribution < 1.29 is 4.39 Å². The van der Waals surface area contributed by atoms with E-state index in [4.69, 9.17) is 11.6 Å². The Labute approximate surface area is 112 Å². The molecule has 0 saturated heterocycles. The molecule has 0 amide bonds. The van der Waals surface area contributed by atoms with Crippen molar-refractivity contribution in [3.8, 4) is 0 Å². The summed E-state index contributed by atoms with van der Waals surface area (Å²) in [6.07, 6.45) is 1.62. The van der Waals surface area contributed by atoms with E-state index in [2.05, 4.69) is 26.2 Å². The highest BCUT2D eigenvalue weighted by Crippen LogP contribution is 2.26. The summed E-state index contributed by atoms with van der Waals surface area (Å²) >= 11 is 9.27. The summed E-state index contributed by atoms with van der Waals surface area (Å²) in [6, 6.07) is 6.61. The van der Waals surface area contributed by atoms with E-state index in [1.165, 1.54) is 6.07 Å². The zero-order valence-electron chi connectivity index (χ0n) is 8.97. The molecular formula is C12H9BrClFN2. The largest absolute Gasteiger partial charge is 0.339 e. The number of benzene rings is 1. The summed E-state index contributed by atoms with van der Waals surface area (Å²) in [6.45, 7) is 1.71. The third-order valence-electron chi connectivity index (χ3n) is 2.24. The SMILES string of the molecule is Cc1ccc(Nc2ncc(Br)cc2Cl)cc1F. The van der Waals surface area contributed by atoms with Crippen molar-refractivity contribution in [3.05, 3.63) is 51.3 Å². The zero-order chi connectivity index (χ0) is 12.4. The molecule has 2 rings (SSSR count). The van der Waals surface area contributed by atoms with Crippen LogP contribution in [0.25, 0.3) is 0 Å². The molecule has 2 aromatic rings. The number of pyridine rings is 1. The Morgan fingerprint density at radius 2 is 2.12 bits per heavy atom. The number of hydrogen-bond donors (Lipinski definition) is 1. The predicted molar refractivity (Wildman–Crippen MR) is 71.4 cm³/mol. The molecule has 0 spiro atoms. The fourth-order valence-electron chi connectivity index (χ4n) is 1.31. The van der Waals surface area contributed by atoms with Gasteiger partial charge in [-0.15, -0.1) is 0 Å². The first-order chi connectivity index (χ1) is 8.06. The first kappa shape index (κ1) is 12.3. The number of hydrogen-bond acceptors (Lipinski definition) is 2. The number of aromatic nitrogens is 1. The molecule has 1 aromatic carbocycles. The Morgan fingerprint density at radius 1 is 1.35 bits per heavy atom. The molecule has 0 unspecified atom stereocenters. The molecule has 17 heavy (non-hydrogen) atoms. The summed E-state index contributed by atoms with van der Waals surface area (Å²) in [5.74, 6) is 0.237. The van der Waals surface area contributed by atoms with Crippen LogP contribution >= 0.6 is 27.5 Å².